The normalized spacial score (nSPS) is 15.6. The average Bonchev–Trinajstić information content (AvgIpc) is 3.02. The maximum absolute atomic E-state index is 13.1. The van der Waals surface area contributed by atoms with E-state index in [-0.39, 0.29) is 18.2 Å². The Hall–Kier alpha value is -1.89. The molecule has 5 nitrogen and oxygen atoms in total. The Labute approximate surface area is 166 Å². The molecule has 0 amide bonds. The standard InChI is InChI=1S/C20H23N3O2S.ClH/c1-15-7-8-19-18(13-15)20(17-9-11-21-12-10-17)22-23(19)26(24,25)14-16-5-3-2-4-6-16;/h2-8,13,17,21H,9-12,14H2,1H3;1H. The van der Waals surface area contributed by atoms with E-state index >= 15 is 0 Å². The minimum Gasteiger partial charge on any atom is -0.317 e. The van der Waals surface area contributed by atoms with Crippen LogP contribution in [0.1, 0.15) is 35.6 Å². The summed E-state index contributed by atoms with van der Waals surface area (Å²) >= 11 is 0. The Morgan fingerprint density at radius 1 is 1.11 bits per heavy atom. The second-order valence-corrected chi connectivity index (χ2v) is 8.81. The summed E-state index contributed by atoms with van der Waals surface area (Å²) < 4.78 is 27.4. The lowest BCUT2D eigenvalue weighted by atomic mass is 9.92. The third-order valence-corrected chi connectivity index (χ3v) is 6.52. The van der Waals surface area contributed by atoms with E-state index in [4.69, 9.17) is 0 Å². The van der Waals surface area contributed by atoms with Gasteiger partial charge in [-0.15, -0.1) is 12.4 Å². The molecule has 2 aromatic carbocycles. The molecule has 2 heterocycles. The van der Waals surface area contributed by atoms with Gasteiger partial charge in [-0.05, 0) is 50.6 Å². The van der Waals surface area contributed by atoms with Gasteiger partial charge in [0.15, 0.2) is 0 Å². The van der Waals surface area contributed by atoms with Crippen molar-refractivity contribution in [2.45, 2.75) is 31.4 Å². The molecule has 144 valence electrons. The van der Waals surface area contributed by atoms with Gasteiger partial charge in [0.25, 0.3) is 10.0 Å². The van der Waals surface area contributed by atoms with Crippen LogP contribution in [0.4, 0.5) is 0 Å². The maximum Gasteiger partial charge on any atom is 0.258 e. The Kier molecular flexibility index (Phi) is 5.89. The van der Waals surface area contributed by atoms with Crippen molar-refractivity contribution >= 4 is 33.3 Å². The first-order valence-electron chi connectivity index (χ1n) is 9.02. The molecule has 1 aliphatic rings. The lowest BCUT2D eigenvalue weighted by Gasteiger charge is -2.21. The highest BCUT2D eigenvalue weighted by Crippen LogP contribution is 2.32. The molecule has 0 spiro atoms. The van der Waals surface area contributed by atoms with Gasteiger partial charge in [0, 0.05) is 11.3 Å². The number of rotatable bonds is 4. The van der Waals surface area contributed by atoms with Crippen molar-refractivity contribution in [3.63, 3.8) is 0 Å². The van der Waals surface area contributed by atoms with E-state index < -0.39 is 10.0 Å². The maximum atomic E-state index is 13.1. The van der Waals surface area contributed by atoms with E-state index in [1.807, 2.05) is 49.4 Å². The second-order valence-electron chi connectivity index (χ2n) is 7.01. The van der Waals surface area contributed by atoms with Crippen LogP contribution in [-0.2, 0) is 15.8 Å². The van der Waals surface area contributed by atoms with E-state index in [2.05, 4.69) is 16.5 Å². The fraction of sp³-hybridized carbons (Fsp3) is 0.350. The van der Waals surface area contributed by atoms with Gasteiger partial charge < -0.3 is 5.32 Å². The zero-order valence-electron chi connectivity index (χ0n) is 15.3. The minimum absolute atomic E-state index is 0. The molecule has 0 aliphatic carbocycles. The summed E-state index contributed by atoms with van der Waals surface area (Å²) in [6.07, 6.45) is 1.97. The second kappa shape index (κ2) is 8.00. The van der Waals surface area contributed by atoms with Crippen LogP contribution < -0.4 is 5.32 Å². The van der Waals surface area contributed by atoms with Crippen molar-refractivity contribution in [1.82, 2.24) is 14.5 Å². The topological polar surface area (TPSA) is 64.0 Å². The molecule has 0 unspecified atom stereocenters. The first kappa shape index (κ1) is 19.9. The quantitative estimate of drug-likeness (QED) is 0.720. The van der Waals surface area contributed by atoms with Gasteiger partial charge in [-0.3, -0.25) is 0 Å². The Morgan fingerprint density at radius 3 is 2.52 bits per heavy atom. The number of aryl methyl sites for hydroxylation is 1. The van der Waals surface area contributed by atoms with Crippen LogP contribution in [0.5, 0.6) is 0 Å². The van der Waals surface area contributed by atoms with Crippen LogP contribution in [0.2, 0.25) is 0 Å². The minimum atomic E-state index is -3.58. The summed E-state index contributed by atoms with van der Waals surface area (Å²) in [5, 5.41) is 8.95. The van der Waals surface area contributed by atoms with Crippen LogP contribution in [0.3, 0.4) is 0 Å². The predicted molar refractivity (Wildman–Crippen MR) is 111 cm³/mol. The first-order valence-corrected chi connectivity index (χ1v) is 10.6. The van der Waals surface area contributed by atoms with Crippen LogP contribution in [-0.4, -0.2) is 30.7 Å². The zero-order chi connectivity index (χ0) is 18.1. The van der Waals surface area contributed by atoms with Gasteiger partial charge in [0.2, 0.25) is 0 Å². The first-order chi connectivity index (χ1) is 12.5. The molecule has 0 bridgehead atoms. The fourth-order valence-corrected chi connectivity index (χ4v) is 5.09. The number of fused-ring (bicyclic) bond motifs is 1. The molecule has 0 atom stereocenters. The van der Waals surface area contributed by atoms with Crippen LogP contribution in [0, 0.1) is 6.92 Å². The van der Waals surface area contributed by atoms with E-state index in [1.54, 1.807) is 0 Å². The van der Waals surface area contributed by atoms with Gasteiger partial charge in [-0.1, -0.05) is 42.0 Å². The molecule has 27 heavy (non-hydrogen) atoms. The highest BCUT2D eigenvalue weighted by atomic mass is 35.5. The number of hydrogen-bond donors (Lipinski definition) is 1. The van der Waals surface area contributed by atoms with Crippen LogP contribution >= 0.6 is 12.4 Å². The predicted octanol–water partition coefficient (Wildman–Crippen LogP) is 3.61. The molecular formula is C20H24ClN3O2S. The molecule has 4 rings (SSSR count). The molecule has 7 heteroatoms. The summed E-state index contributed by atoms with van der Waals surface area (Å²) in [4.78, 5) is 0. The van der Waals surface area contributed by atoms with Crippen LogP contribution in [0.25, 0.3) is 10.9 Å². The third kappa shape index (κ3) is 4.03. The molecular weight excluding hydrogens is 382 g/mol. The van der Waals surface area contributed by atoms with Crippen molar-refractivity contribution in [2.24, 2.45) is 0 Å². The summed E-state index contributed by atoms with van der Waals surface area (Å²) in [5.41, 5.74) is 3.49. The van der Waals surface area contributed by atoms with E-state index in [9.17, 15) is 8.42 Å². The number of halogens is 1. The lowest BCUT2D eigenvalue weighted by Crippen LogP contribution is -2.27. The summed E-state index contributed by atoms with van der Waals surface area (Å²) in [5.74, 6) is 0.248. The fourth-order valence-electron chi connectivity index (χ4n) is 3.68. The van der Waals surface area contributed by atoms with E-state index in [1.165, 1.54) is 4.09 Å². The molecule has 1 aromatic heterocycles. The molecule has 1 saturated heterocycles. The molecule has 1 aliphatic heterocycles. The molecule has 1 N–H and O–H groups in total. The highest BCUT2D eigenvalue weighted by molar-refractivity contribution is 7.89. The number of nitrogens with zero attached hydrogens (tertiary/aromatic N) is 2. The summed E-state index contributed by atoms with van der Waals surface area (Å²) in [6.45, 7) is 3.92. The summed E-state index contributed by atoms with van der Waals surface area (Å²) in [6, 6.07) is 15.2. The van der Waals surface area contributed by atoms with Crippen molar-refractivity contribution in [2.75, 3.05) is 13.1 Å². The third-order valence-electron chi connectivity index (χ3n) is 5.01. The highest BCUT2D eigenvalue weighted by Gasteiger charge is 2.26. The number of benzene rings is 2. The van der Waals surface area contributed by atoms with E-state index in [0.29, 0.717) is 11.4 Å². The largest absolute Gasteiger partial charge is 0.317 e. The van der Waals surface area contributed by atoms with Crippen molar-refractivity contribution in [1.29, 1.82) is 0 Å². The number of piperidine rings is 1. The molecule has 1 fully saturated rings. The van der Waals surface area contributed by atoms with Gasteiger partial charge in [-0.2, -0.15) is 9.19 Å². The Balaban J connectivity index is 0.00000210. The van der Waals surface area contributed by atoms with Crippen LogP contribution in [0.15, 0.2) is 48.5 Å². The summed E-state index contributed by atoms with van der Waals surface area (Å²) in [7, 11) is -3.58. The SMILES string of the molecule is Cc1ccc2c(c1)c(C1CCNCC1)nn2S(=O)(=O)Cc1ccccc1.Cl. The van der Waals surface area contributed by atoms with Gasteiger partial charge in [0.05, 0.1) is 17.0 Å². The molecule has 0 saturated carbocycles. The van der Waals surface area contributed by atoms with Gasteiger partial charge in [0.1, 0.15) is 0 Å². The monoisotopic (exact) mass is 405 g/mol. The zero-order valence-corrected chi connectivity index (χ0v) is 16.9. The number of nitrogens with one attached hydrogen (secondary N) is 1. The van der Waals surface area contributed by atoms with Gasteiger partial charge in [-0.25, -0.2) is 8.42 Å². The molecule has 3 aromatic rings. The van der Waals surface area contributed by atoms with Crippen molar-refractivity contribution in [3.8, 4) is 0 Å². The lowest BCUT2D eigenvalue weighted by molar-refractivity contribution is 0.453. The Morgan fingerprint density at radius 2 is 1.81 bits per heavy atom. The van der Waals surface area contributed by atoms with E-state index in [0.717, 1.165) is 48.1 Å². The number of aromatic nitrogens is 2. The van der Waals surface area contributed by atoms with Crippen molar-refractivity contribution < 1.29 is 8.42 Å². The number of hydrogen-bond acceptors (Lipinski definition) is 4. The average molecular weight is 406 g/mol. The Bertz CT molecular complexity index is 1030. The van der Waals surface area contributed by atoms with Gasteiger partial charge >= 0.3 is 0 Å². The van der Waals surface area contributed by atoms with Crippen molar-refractivity contribution in [3.05, 3.63) is 65.4 Å². The molecule has 0 radical (unpaired) electrons. The smallest absolute Gasteiger partial charge is 0.258 e.